The van der Waals surface area contributed by atoms with Crippen LogP contribution in [-0.2, 0) is 9.53 Å². The Kier molecular flexibility index (Phi) is 4.87. The number of allylic oxidation sites excluding steroid dienone is 1. The molecule has 0 saturated heterocycles. The first kappa shape index (κ1) is 10.8. The molecule has 1 unspecified atom stereocenters. The van der Waals surface area contributed by atoms with Crippen molar-refractivity contribution in [1.82, 2.24) is 0 Å². The molecule has 0 aromatic heterocycles. The molecule has 0 rings (SSSR count). The molecule has 0 heterocycles. The number of hydrogen-bond acceptors (Lipinski definition) is 2. The summed E-state index contributed by atoms with van der Waals surface area (Å²) in [6.07, 6.45) is 0.499. The van der Waals surface area contributed by atoms with Crippen LogP contribution in [0.15, 0.2) is 12.3 Å². The van der Waals surface area contributed by atoms with E-state index in [-0.39, 0.29) is 11.7 Å². The maximum atomic E-state index is 11.0. The van der Waals surface area contributed by atoms with Gasteiger partial charge in [0.1, 0.15) is 5.78 Å². The van der Waals surface area contributed by atoms with Crippen LogP contribution in [0, 0.1) is 17.8 Å². The van der Waals surface area contributed by atoms with Gasteiger partial charge in [0, 0.05) is 6.42 Å². The number of Topliss-reactive ketones (excluding diaryl/α,β-unsaturated/α-hetero) is 1. The minimum atomic E-state index is -0.276. The molecule has 0 amide bonds. The number of hydrogen-bond donors (Lipinski definition) is 0. The lowest BCUT2D eigenvalue weighted by molar-refractivity contribution is -0.120. The Hall–Kier alpha value is -1.23. The average molecular weight is 166 g/mol. The number of ether oxygens (including phenoxy) is 1. The molecule has 0 bridgehead atoms. The summed E-state index contributed by atoms with van der Waals surface area (Å²) in [6, 6.07) is 0. The lowest BCUT2D eigenvalue weighted by atomic mass is 10.00. The van der Waals surface area contributed by atoms with Crippen molar-refractivity contribution in [3.63, 3.8) is 0 Å². The molecule has 0 radical (unpaired) electrons. The second-order valence-electron chi connectivity index (χ2n) is 2.46. The molecule has 0 aliphatic rings. The van der Waals surface area contributed by atoms with Crippen LogP contribution in [0.3, 0.4) is 0 Å². The third-order valence-electron chi connectivity index (χ3n) is 1.62. The van der Waals surface area contributed by atoms with Gasteiger partial charge in [0.25, 0.3) is 0 Å². The molecule has 2 heteroatoms. The maximum Gasteiger partial charge on any atom is 0.141 e. The molecule has 0 spiro atoms. The van der Waals surface area contributed by atoms with Gasteiger partial charge in [0.15, 0.2) is 0 Å². The Morgan fingerprint density at radius 1 is 1.67 bits per heavy atom. The fraction of sp³-hybridized carbons (Fsp3) is 0.500. The Bertz CT molecular complexity index is 230. The van der Waals surface area contributed by atoms with Gasteiger partial charge in [0.2, 0.25) is 0 Å². The van der Waals surface area contributed by atoms with E-state index in [9.17, 15) is 4.79 Å². The largest absolute Gasteiger partial charge is 0.501 e. The zero-order chi connectivity index (χ0) is 9.56. The van der Waals surface area contributed by atoms with Gasteiger partial charge in [-0.3, -0.25) is 4.79 Å². The summed E-state index contributed by atoms with van der Waals surface area (Å²) in [5, 5.41) is 0. The first-order valence-electron chi connectivity index (χ1n) is 3.76. The Morgan fingerprint density at radius 3 is 2.58 bits per heavy atom. The molecular weight excluding hydrogens is 152 g/mol. The third-order valence-corrected chi connectivity index (χ3v) is 1.62. The zero-order valence-electron chi connectivity index (χ0n) is 7.81. The van der Waals surface area contributed by atoms with E-state index in [1.165, 1.54) is 14.0 Å². The Labute approximate surface area is 73.6 Å². The van der Waals surface area contributed by atoms with Gasteiger partial charge >= 0.3 is 0 Å². The number of carbonyl (C=O) groups excluding carboxylic acids is 1. The topological polar surface area (TPSA) is 26.3 Å². The molecule has 66 valence electrons. The normalized spacial score (nSPS) is 10.9. The molecular formula is C10H14O2. The fourth-order valence-electron chi connectivity index (χ4n) is 0.831. The van der Waals surface area contributed by atoms with Gasteiger partial charge in [-0.05, 0) is 13.8 Å². The zero-order valence-corrected chi connectivity index (χ0v) is 7.81. The van der Waals surface area contributed by atoms with Crippen molar-refractivity contribution in [1.29, 1.82) is 0 Å². The molecule has 2 nitrogen and oxygen atoms in total. The molecule has 0 saturated carbocycles. The highest BCUT2D eigenvalue weighted by molar-refractivity contribution is 5.80. The SMILES string of the molecule is C=C(OC)C(CC#CC)C(C)=O. The second-order valence-corrected chi connectivity index (χ2v) is 2.46. The predicted molar refractivity (Wildman–Crippen MR) is 48.4 cm³/mol. The van der Waals surface area contributed by atoms with Gasteiger partial charge in [-0.2, -0.15) is 0 Å². The van der Waals surface area contributed by atoms with Crippen LogP contribution >= 0.6 is 0 Å². The van der Waals surface area contributed by atoms with Crippen LogP contribution in [0.25, 0.3) is 0 Å². The van der Waals surface area contributed by atoms with Crippen molar-refractivity contribution < 1.29 is 9.53 Å². The summed E-state index contributed by atoms with van der Waals surface area (Å²) in [5.41, 5.74) is 0. The summed E-state index contributed by atoms with van der Waals surface area (Å²) in [5.74, 6) is 5.83. The fourth-order valence-corrected chi connectivity index (χ4v) is 0.831. The van der Waals surface area contributed by atoms with Gasteiger partial charge in [-0.1, -0.05) is 6.58 Å². The maximum absolute atomic E-state index is 11.0. The Balaban J connectivity index is 4.30. The smallest absolute Gasteiger partial charge is 0.141 e. The van der Waals surface area contributed by atoms with Crippen molar-refractivity contribution in [2.75, 3.05) is 7.11 Å². The van der Waals surface area contributed by atoms with Gasteiger partial charge < -0.3 is 4.74 Å². The summed E-state index contributed by atoms with van der Waals surface area (Å²) < 4.78 is 4.89. The molecule has 1 atom stereocenters. The first-order valence-corrected chi connectivity index (χ1v) is 3.76. The molecule has 0 aromatic carbocycles. The van der Waals surface area contributed by atoms with E-state index >= 15 is 0 Å². The van der Waals surface area contributed by atoms with Crippen molar-refractivity contribution in [3.8, 4) is 11.8 Å². The lowest BCUT2D eigenvalue weighted by Gasteiger charge is -2.11. The van der Waals surface area contributed by atoms with Gasteiger partial charge in [-0.25, -0.2) is 0 Å². The Morgan fingerprint density at radius 2 is 2.25 bits per heavy atom. The first-order chi connectivity index (χ1) is 5.63. The minimum absolute atomic E-state index is 0.0459. The number of carbonyl (C=O) groups is 1. The third kappa shape index (κ3) is 3.25. The second kappa shape index (κ2) is 5.42. The molecule has 0 aromatic rings. The van der Waals surface area contributed by atoms with Crippen molar-refractivity contribution in [3.05, 3.63) is 12.3 Å². The van der Waals surface area contributed by atoms with Crippen LogP contribution in [0.5, 0.6) is 0 Å². The molecule has 0 aliphatic carbocycles. The highest BCUT2D eigenvalue weighted by Gasteiger charge is 2.16. The summed E-state index contributed by atoms with van der Waals surface area (Å²) >= 11 is 0. The van der Waals surface area contributed by atoms with Crippen molar-refractivity contribution >= 4 is 5.78 Å². The summed E-state index contributed by atoms with van der Waals surface area (Å²) in [6.45, 7) is 6.90. The average Bonchev–Trinajstić information content (AvgIpc) is 2.04. The number of ketones is 1. The van der Waals surface area contributed by atoms with E-state index in [0.717, 1.165) is 0 Å². The highest BCUT2D eigenvalue weighted by Crippen LogP contribution is 2.14. The van der Waals surface area contributed by atoms with E-state index in [2.05, 4.69) is 18.4 Å². The molecule has 12 heavy (non-hydrogen) atoms. The number of rotatable bonds is 4. The minimum Gasteiger partial charge on any atom is -0.501 e. The summed E-state index contributed by atoms with van der Waals surface area (Å²) in [4.78, 5) is 11.0. The van der Waals surface area contributed by atoms with Gasteiger partial charge in [-0.15, -0.1) is 11.8 Å². The predicted octanol–water partition coefficient (Wildman–Crippen LogP) is 1.77. The molecule has 0 fully saturated rings. The van der Waals surface area contributed by atoms with Crippen molar-refractivity contribution in [2.24, 2.45) is 5.92 Å². The molecule has 0 N–H and O–H groups in total. The van der Waals surface area contributed by atoms with E-state index in [4.69, 9.17) is 4.74 Å². The lowest BCUT2D eigenvalue weighted by Crippen LogP contribution is -2.13. The molecule has 0 aliphatic heterocycles. The summed E-state index contributed by atoms with van der Waals surface area (Å²) in [7, 11) is 1.51. The standard InChI is InChI=1S/C10H14O2/c1-5-6-7-10(8(2)11)9(3)12-4/h10H,3,7H2,1-2,4H3. The van der Waals surface area contributed by atoms with Crippen LogP contribution in [0.2, 0.25) is 0 Å². The van der Waals surface area contributed by atoms with Crippen LogP contribution in [-0.4, -0.2) is 12.9 Å². The van der Waals surface area contributed by atoms with Crippen molar-refractivity contribution in [2.45, 2.75) is 20.3 Å². The van der Waals surface area contributed by atoms with Gasteiger partial charge in [0.05, 0.1) is 18.8 Å². The highest BCUT2D eigenvalue weighted by atomic mass is 16.5. The van der Waals surface area contributed by atoms with E-state index in [1.54, 1.807) is 6.92 Å². The number of methoxy groups -OCH3 is 1. The monoisotopic (exact) mass is 166 g/mol. The van der Waals surface area contributed by atoms with E-state index in [1.807, 2.05) is 0 Å². The van der Waals surface area contributed by atoms with E-state index < -0.39 is 0 Å². The quantitative estimate of drug-likeness (QED) is 0.470. The van der Waals surface area contributed by atoms with E-state index in [0.29, 0.717) is 12.2 Å². The van der Waals surface area contributed by atoms with Crippen LogP contribution in [0.1, 0.15) is 20.3 Å². The van der Waals surface area contributed by atoms with Crippen LogP contribution in [0.4, 0.5) is 0 Å². The van der Waals surface area contributed by atoms with Crippen LogP contribution < -0.4 is 0 Å².